The molecule has 0 N–H and O–H groups in total. The number of allylic oxidation sites excluding steroid dienone is 1. The highest BCUT2D eigenvalue weighted by Crippen LogP contribution is 2.48. The van der Waals surface area contributed by atoms with Crippen molar-refractivity contribution in [3.63, 3.8) is 0 Å². The molecule has 1 saturated carbocycles. The van der Waals surface area contributed by atoms with E-state index in [0.29, 0.717) is 6.42 Å². The van der Waals surface area contributed by atoms with Gasteiger partial charge >= 0.3 is 5.97 Å². The first-order valence-corrected chi connectivity index (χ1v) is 10.0. The third kappa shape index (κ3) is 3.76. The minimum absolute atomic E-state index is 0.0903. The monoisotopic (exact) mass is 372 g/mol. The van der Waals surface area contributed by atoms with Gasteiger partial charge in [0.1, 0.15) is 0 Å². The summed E-state index contributed by atoms with van der Waals surface area (Å²) < 4.78 is 5.74. The fourth-order valence-electron chi connectivity index (χ4n) is 4.76. The maximum atomic E-state index is 11.8. The molecule has 0 aromatic heterocycles. The van der Waals surface area contributed by atoms with Crippen LogP contribution >= 0.6 is 0 Å². The van der Waals surface area contributed by atoms with Crippen LogP contribution in [0.3, 0.4) is 0 Å². The molecule has 0 bridgehead atoms. The lowest BCUT2D eigenvalue weighted by Crippen LogP contribution is -2.47. The molecule has 3 rings (SSSR count). The summed E-state index contributed by atoms with van der Waals surface area (Å²) in [7, 11) is 0. The zero-order chi connectivity index (χ0) is 20.1. The molecule has 1 aliphatic carbocycles. The van der Waals surface area contributed by atoms with Crippen molar-refractivity contribution >= 4 is 11.5 Å². The minimum atomic E-state index is -0.817. The van der Waals surface area contributed by atoms with Gasteiger partial charge < -0.3 is 4.74 Å². The highest BCUT2D eigenvalue weighted by Gasteiger charge is 2.47. The molecule has 0 saturated heterocycles. The van der Waals surface area contributed by atoms with Crippen LogP contribution in [0.2, 0.25) is 0 Å². The topological polar surface area (TPSA) is 26.3 Å². The van der Waals surface area contributed by atoms with Crippen LogP contribution in [-0.4, -0.2) is 11.6 Å². The molecule has 2 heteroatoms. The number of hydrogen-bond donors (Lipinski definition) is 0. The van der Waals surface area contributed by atoms with Crippen LogP contribution in [0.4, 0.5) is 0 Å². The summed E-state index contributed by atoms with van der Waals surface area (Å²) in [4.78, 5) is 11.8. The number of carbonyl (C=O) groups is 1. The van der Waals surface area contributed by atoms with Gasteiger partial charge in [-0.05, 0) is 35.5 Å². The van der Waals surface area contributed by atoms with E-state index in [-0.39, 0.29) is 17.8 Å². The molecule has 1 aliphatic rings. The summed E-state index contributed by atoms with van der Waals surface area (Å²) in [6.07, 6.45) is 8.25. The molecular weight excluding hydrogens is 344 g/mol. The lowest BCUT2D eigenvalue weighted by Gasteiger charge is -2.45. The van der Waals surface area contributed by atoms with Crippen molar-refractivity contribution in [3.8, 4) is 12.3 Å². The van der Waals surface area contributed by atoms with Crippen LogP contribution in [0, 0.1) is 24.2 Å². The summed E-state index contributed by atoms with van der Waals surface area (Å²) in [5.74, 6) is 2.85. The molecule has 0 aliphatic heterocycles. The van der Waals surface area contributed by atoms with Gasteiger partial charge in [-0.3, -0.25) is 4.79 Å². The van der Waals surface area contributed by atoms with E-state index in [1.54, 1.807) is 0 Å². The number of esters is 1. The molecule has 2 aromatic rings. The second kappa shape index (κ2) is 8.48. The first kappa shape index (κ1) is 20.0. The predicted molar refractivity (Wildman–Crippen MR) is 114 cm³/mol. The van der Waals surface area contributed by atoms with Gasteiger partial charge in [-0.25, -0.2) is 0 Å². The normalized spacial score (nSPS) is 24.3. The Bertz CT molecular complexity index is 848. The number of benzene rings is 2. The number of hydrogen-bond acceptors (Lipinski definition) is 2. The molecule has 0 heterocycles. The first-order valence-electron chi connectivity index (χ1n) is 10.0. The van der Waals surface area contributed by atoms with Gasteiger partial charge in [-0.2, -0.15) is 0 Å². The molecule has 144 valence electrons. The van der Waals surface area contributed by atoms with Crippen molar-refractivity contribution in [2.75, 3.05) is 0 Å². The Morgan fingerprint density at radius 2 is 1.64 bits per heavy atom. The first-order chi connectivity index (χ1) is 13.5. The van der Waals surface area contributed by atoms with E-state index >= 15 is 0 Å². The van der Waals surface area contributed by atoms with Crippen molar-refractivity contribution in [3.05, 3.63) is 77.4 Å². The molecule has 0 spiro atoms. The van der Waals surface area contributed by atoms with Gasteiger partial charge in [-0.15, -0.1) is 6.42 Å². The summed E-state index contributed by atoms with van der Waals surface area (Å²) in [6, 6.07) is 21.1. The molecule has 1 fully saturated rings. The molecule has 2 nitrogen and oxygen atoms in total. The third-order valence-electron chi connectivity index (χ3n) is 5.97. The van der Waals surface area contributed by atoms with Crippen molar-refractivity contribution in [1.82, 2.24) is 0 Å². The maximum absolute atomic E-state index is 11.8. The average molecular weight is 373 g/mol. The van der Waals surface area contributed by atoms with Gasteiger partial charge in [0.15, 0.2) is 5.60 Å². The number of terminal acetylenes is 1. The van der Waals surface area contributed by atoms with Crippen LogP contribution in [0.25, 0.3) is 5.57 Å². The lowest BCUT2D eigenvalue weighted by atomic mass is 9.64. The highest BCUT2D eigenvalue weighted by atomic mass is 16.6. The van der Waals surface area contributed by atoms with E-state index in [4.69, 9.17) is 11.2 Å². The molecule has 0 amide bonds. The molecule has 28 heavy (non-hydrogen) atoms. The Hall–Kier alpha value is -2.79. The smallest absolute Gasteiger partial charge is 0.304 e. The van der Waals surface area contributed by atoms with E-state index in [0.717, 1.165) is 12.8 Å². The molecule has 0 radical (unpaired) electrons. The van der Waals surface area contributed by atoms with Gasteiger partial charge in [0.25, 0.3) is 0 Å². The summed E-state index contributed by atoms with van der Waals surface area (Å²) >= 11 is 0. The van der Waals surface area contributed by atoms with Crippen molar-refractivity contribution < 1.29 is 9.53 Å². The van der Waals surface area contributed by atoms with Crippen LogP contribution < -0.4 is 0 Å². The fourth-order valence-corrected chi connectivity index (χ4v) is 4.76. The zero-order valence-electron chi connectivity index (χ0n) is 16.9. The summed E-state index contributed by atoms with van der Waals surface area (Å²) in [5, 5.41) is 0. The summed E-state index contributed by atoms with van der Waals surface area (Å²) in [5.41, 5.74) is 4.28. The van der Waals surface area contributed by atoms with Gasteiger partial charge in [-0.1, -0.05) is 86.0 Å². The van der Waals surface area contributed by atoms with Gasteiger partial charge in [0.2, 0.25) is 0 Å². The largest absolute Gasteiger partial charge is 0.446 e. The van der Waals surface area contributed by atoms with Crippen molar-refractivity contribution in [2.24, 2.45) is 11.8 Å². The van der Waals surface area contributed by atoms with Crippen LogP contribution in [0.5, 0.6) is 0 Å². The quantitative estimate of drug-likeness (QED) is 0.495. The molecule has 3 unspecified atom stereocenters. The Morgan fingerprint density at radius 1 is 1.11 bits per heavy atom. The standard InChI is InChI=1S/C26H28O2/c1-5-24-19(3)23(17-18-26(24,6-2)28-20(4)27)25(21-13-9-7-10-14-21)22-15-11-8-12-16-22/h2,7-16,19,24H,5,17-18H2,1,3-4H3. The highest BCUT2D eigenvalue weighted by molar-refractivity contribution is 5.82. The zero-order valence-corrected chi connectivity index (χ0v) is 16.9. The maximum Gasteiger partial charge on any atom is 0.304 e. The molecule has 3 atom stereocenters. The third-order valence-corrected chi connectivity index (χ3v) is 5.97. The van der Waals surface area contributed by atoms with E-state index in [1.165, 1.54) is 29.2 Å². The SMILES string of the molecule is C#CC1(OC(C)=O)CCC(=C(c2ccccc2)c2ccccc2)C(C)C1CC. The second-order valence-electron chi connectivity index (χ2n) is 7.56. The lowest BCUT2D eigenvalue weighted by molar-refractivity contribution is -0.159. The Kier molecular flexibility index (Phi) is 6.05. The van der Waals surface area contributed by atoms with E-state index in [2.05, 4.69) is 68.3 Å². The van der Waals surface area contributed by atoms with E-state index in [1.807, 2.05) is 12.1 Å². The predicted octanol–water partition coefficient (Wildman–Crippen LogP) is 5.88. The van der Waals surface area contributed by atoms with E-state index < -0.39 is 5.60 Å². The van der Waals surface area contributed by atoms with Crippen LogP contribution in [-0.2, 0) is 9.53 Å². The Labute approximate surface area is 168 Å². The number of carbonyl (C=O) groups excluding carboxylic acids is 1. The molecule has 2 aromatic carbocycles. The fraction of sp³-hybridized carbons (Fsp3) is 0.346. The average Bonchev–Trinajstić information content (AvgIpc) is 2.71. The Balaban J connectivity index is 2.15. The van der Waals surface area contributed by atoms with Crippen LogP contribution in [0.15, 0.2) is 66.2 Å². The molecular formula is C26H28O2. The van der Waals surface area contributed by atoms with Crippen molar-refractivity contribution in [1.29, 1.82) is 0 Å². The van der Waals surface area contributed by atoms with E-state index in [9.17, 15) is 4.79 Å². The van der Waals surface area contributed by atoms with Crippen LogP contribution in [0.1, 0.15) is 51.2 Å². The van der Waals surface area contributed by atoms with Gasteiger partial charge in [0.05, 0.1) is 0 Å². The minimum Gasteiger partial charge on any atom is -0.446 e. The van der Waals surface area contributed by atoms with Crippen molar-refractivity contribution in [2.45, 2.75) is 45.6 Å². The van der Waals surface area contributed by atoms with Gasteiger partial charge in [0, 0.05) is 19.3 Å². The number of ether oxygens (including phenoxy) is 1. The summed E-state index contributed by atoms with van der Waals surface area (Å²) in [6.45, 7) is 5.80. The Morgan fingerprint density at radius 3 is 2.07 bits per heavy atom. The second-order valence-corrected chi connectivity index (χ2v) is 7.56. The number of rotatable bonds is 4.